The van der Waals surface area contributed by atoms with Gasteiger partial charge in [0.15, 0.2) is 0 Å². The Kier molecular flexibility index (Phi) is 2.60. The van der Waals surface area contributed by atoms with Gasteiger partial charge in [-0.05, 0) is 32.1 Å². The average molecular weight is 188 g/mol. The van der Waals surface area contributed by atoms with Gasteiger partial charge in [-0.15, -0.1) is 0 Å². The highest BCUT2D eigenvalue weighted by molar-refractivity contribution is 7.20. The fourth-order valence-electron chi connectivity index (χ4n) is 1.79. The van der Waals surface area contributed by atoms with E-state index in [9.17, 15) is 4.57 Å². The van der Waals surface area contributed by atoms with Gasteiger partial charge in [0, 0.05) is 6.54 Å². The lowest BCUT2D eigenvalue weighted by molar-refractivity contribution is 0.0315. The van der Waals surface area contributed by atoms with Crippen LogP contribution in [0.2, 0.25) is 0 Å². The summed E-state index contributed by atoms with van der Waals surface area (Å²) in [6.07, 6.45) is 2.41. The van der Waals surface area contributed by atoms with E-state index in [4.69, 9.17) is 0 Å². The van der Waals surface area contributed by atoms with Gasteiger partial charge in [0.25, 0.3) is 0 Å². The molecule has 1 heterocycles. The van der Waals surface area contributed by atoms with Gasteiger partial charge in [-0.3, -0.25) is 0 Å². The van der Waals surface area contributed by atoms with Crippen molar-refractivity contribution in [3.05, 3.63) is 0 Å². The van der Waals surface area contributed by atoms with Crippen LogP contribution in [0, 0.1) is 5.41 Å². The number of piperidine rings is 1. The first-order chi connectivity index (χ1) is 5.42. The number of hydrogen-bond donors (Lipinski definition) is 0. The third kappa shape index (κ3) is 1.43. The van der Waals surface area contributed by atoms with Crippen LogP contribution in [0.3, 0.4) is 0 Å². The summed E-state index contributed by atoms with van der Waals surface area (Å²) in [7, 11) is -0.292. The molecule has 0 aromatic rings. The fourth-order valence-corrected chi connectivity index (χ4v) is 2.57. The van der Waals surface area contributed by atoms with Crippen LogP contribution < -0.4 is 0 Å². The molecule has 1 atom stereocenters. The second kappa shape index (κ2) is 3.08. The molecular formula is C9H19NOP+. The van der Waals surface area contributed by atoms with E-state index in [1.165, 1.54) is 12.8 Å². The quantitative estimate of drug-likeness (QED) is 0.590. The SMILES string of the molecule is CC1(C)CCCN([PH+]=O)C1(C)C. The molecule has 12 heavy (non-hydrogen) atoms. The second-order valence-electron chi connectivity index (χ2n) is 4.79. The minimum absolute atomic E-state index is 0.0748. The van der Waals surface area contributed by atoms with Crippen molar-refractivity contribution in [2.24, 2.45) is 5.41 Å². The Balaban J connectivity index is 2.89. The molecule has 1 aliphatic heterocycles. The van der Waals surface area contributed by atoms with Crippen LogP contribution in [0.5, 0.6) is 0 Å². The van der Waals surface area contributed by atoms with Crippen LogP contribution in [0.4, 0.5) is 0 Å². The Morgan fingerprint density at radius 3 is 2.25 bits per heavy atom. The molecule has 3 heteroatoms. The molecule has 2 nitrogen and oxygen atoms in total. The maximum Gasteiger partial charge on any atom is 0.421 e. The highest BCUT2D eigenvalue weighted by atomic mass is 31.1. The Morgan fingerprint density at radius 2 is 1.83 bits per heavy atom. The van der Waals surface area contributed by atoms with Crippen molar-refractivity contribution in [1.82, 2.24) is 4.67 Å². The summed E-state index contributed by atoms with van der Waals surface area (Å²) in [5, 5.41) is 0. The molecule has 0 spiro atoms. The Labute approximate surface area is 76.6 Å². The molecule has 70 valence electrons. The first kappa shape index (κ1) is 10.1. The summed E-state index contributed by atoms with van der Waals surface area (Å²) in [5.41, 5.74) is 0.355. The van der Waals surface area contributed by atoms with Gasteiger partial charge in [0.1, 0.15) is 0 Å². The smallest absolute Gasteiger partial charge is 0.0926 e. The van der Waals surface area contributed by atoms with Crippen LogP contribution in [0.15, 0.2) is 0 Å². The zero-order valence-corrected chi connectivity index (χ0v) is 9.48. The monoisotopic (exact) mass is 188 g/mol. The minimum atomic E-state index is -0.292. The Hall–Kier alpha value is 0.0600. The molecule has 1 fully saturated rings. The van der Waals surface area contributed by atoms with E-state index in [1.54, 1.807) is 0 Å². The fraction of sp³-hybridized carbons (Fsp3) is 1.00. The predicted molar refractivity (Wildman–Crippen MR) is 52.8 cm³/mol. The van der Waals surface area contributed by atoms with Gasteiger partial charge < -0.3 is 0 Å². The van der Waals surface area contributed by atoms with Gasteiger partial charge >= 0.3 is 8.61 Å². The minimum Gasteiger partial charge on any atom is -0.0926 e. The van der Waals surface area contributed by atoms with Crippen molar-refractivity contribution in [3.8, 4) is 0 Å². The number of nitrogens with zero attached hydrogens (tertiary/aromatic N) is 1. The first-order valence-electron chi connectivity index (χ1n) is 4.57. The molecule has 0 aromatic heterocycles. The van der Waals surface area contributed by atoms with E-state index in [-0.39, 0.29) is 19.6 Å². The molecule has 1 unspecified atom stereocenters. The van der Waals surface area contributed by atoms with Crippen LogP contribution in [0.25, 0.3) is 0 Å². The summed E-state index contributed by atoms with van der Waals surface area (Å²) in [5.74, 6) is 0. The van der Waals surface area contributed by atoms with Crippen molar-refractivity contribution >= 4 is 8.61 Å². The summed E-state index contributed by atoms with van der Waals surface area (Å²) in [6, 6.07) is 0. The maximum absolute atomic E-state index is 10.9. The molecule has 0 bridgehead atoms. The zero-order valence-electron chi connectivity index (χ0n) is 8.48. The van der Waals surface area contributed by atoms with Gasteiger partial charge in [-0.1, -0.05) is 23.1 Å². The van der Waals surface area contributed by atoms with Crippen LogP contribution >= 0.6 is 8.61 Å². The molecule has 0 radical (unpaired) electrons. The van der Waals surface area contributed by atoms with Crippen LogP contribution in [-0.2, 0) is 4.57 Å². The summed E-state index contributed by atoms with van der Waals surface area (Å²) in [4.78, 5) is 0. The molecule has 0 aromatic carbocycles. The van der Waals surface area contributed by atoms with E-state index in [0.717, 1.165) is 6.54 Å². The van der Waals surface area contributed by atoms with E-state index in [0.29, 0.717) is 0 Å². The van der Waals surface area contributed by atoms with Crippen molar-refractivity contribution < 1.29 is 4.57 Å². The van der Waals surface area contributed by atoms with Gasteiger partial charge in [-0.2, -0.15) is 0 Å². The molecule has 1 rings (SSSR count). The molecule has 1 aliphatic rings. The third-order valence-electron chi connectivity index (χ3n) is 3.62. The maximum atomic E-state index is 10.9. The van der Waals surface area contributed by atoms with Crippen molar-refractivity contribution in [2.75, 3.05) is 6.54 Å². The van der Waals surface area contributed by atoms with Crippen molar-refractivity contribution in [3.63, 3.8) is 0 Å². The largest absolute Gasteiger partial charge is 0.421 e. The van der Waals surface area contributed by atoms with Crippen LogP contribution in [-0.4, -0.2) is 16.8 Å². The summed E-state index contributed by atoms with van der Waals surface area (Å²) < 4.78 is 13.0. The van der Waals surface area contributed by atoms with E-state index in [1.807, 2.05) is 0 Å². The second-order valence-corrected chi connectivity index (χ2v) is 5.51. The lowest BCUT2D eigenvalue weighted by Crippen LogP contribution is -2.53. The van der Waals surface area contributed by atoms with E-state index < -0.39 is 0 Å². The predicted octanol–water partition coefficient (Wildman–Crippen LogP) is 2.83. The molecule has 0 N–H and O–H groups in total. The standard InChI is InChI=1S/C9H18NOP/c1-8(2)6-5-7-10(12-11)9(8,3)4/h5-7H2,1-4H3/p+1. The molecule has 0 aliphatic carbocycles. The molecular weight excluding hydrogens is 169 g/mol. The summed E-state index contributed by atoms with van der Waals surface area (Å²) >= 11 is 0. The van der Waals surface area contributed by atoms with E-state index in [2.05, 4.69) is 32.4 Å². The Bertz CT molecular complexity index is 189. The summed E-state index contributed by atoms with van der Waals surface area (Å²) in [6.45, 7) is 9.89. The molecule has 0 saturated carbocycles. The average Bonchev–Trinajstić information content (AvgIpc) is 1.95. The first-order valence-corrected chi connectivity index (χ1v) is 5.43. The van der Waals surface area contributed by atoms with Gasteiger partial charge in [0.05, 0.1) is 5.54 Å². The third-order valence-corrected chi connectivity index (χ3v) is 4.63. The zero-order chi connectivity index (χ0) is 9.41. The topological polar surface area (TPSA) is 20.3 Å². The Morgan fingerprint density at radius 1 is 1.25 bits per heavy atom. The molecule has 1 saturated heterocycles. The van der Waals surface area contributed by atoms with Crippen molar-refractivity contribution in [1.29, 1.82) is 0 Å². The number of rotatable bonds is 1. The van der Waals surface area contributed by atoms with Crippen LogP contribution in [0.1, 0.15) is 40.5 Å². The van der Waals surface area contributed by atoms with E-state index >= 15 is 0 Å². The number of hydrogen-bond acceptors (Lipinski definition) is 1. The van der Waals surface area contributed by atoms with Crippen molar-refractivity contribution in [2.45, 2.75) is 46.1 Å². The highest BCUT2D eigenvalue weighted by Gasteiger charge is 2.48. The lowest BCUT2D eigenvalue weighted by atomic mass is 9.69. The molecule has 0 amide bonds. The highest BCUT2D eigenvalue weighted by Crippen LogP contribution is 2.45. The van der Waals surface area contributed by atoms with Gasteiger partial charge in [-0.25, -0.2) is 0 Å². The lowest BCUT2D eigenvalue weighted by Gasteiger charge is -2.46. The normalized spacial score (nSPS) is 29.0. The van der Waals surface area contributed by atoms with Gasteiger partial charge in [0.2, 0.25) is 0 Å².